The number of rotatable bonds is 6. The molecule has 2 aliphatic heterocycles. The third-order valence-corrected chi connectivity index (χ3v) is 12.1. The highest BCUT2D eigenvalue weighted by Gasteiger charge is 2.62. The molecule has 1 aliphatic carbocycles. The number of hydrogen-bond acceptors (Lipinski definition) is 9. The summed E-state index contributed by atoms with van der Waals surface area (Å²) in [5, 5.41) is 3.69. The second-order valence-corrected chi connectivity index (χ2v) is 16.1. The van der Waals surface area contributed by atoms with Gasteiger partial charge in [-0.1, -0.05) is 68.5 Å². The molecule has 0 spiro atoms. The van der Waals surface area contributed by atoms with Crippen LogP contribution in [0.15, 0.2) is 83.8 Å². The Morgan fingerprint density at radius 3 is 2.52 bits per heavy atom. The average Bonchev–Trinajstić information content (AvgIpc) is 3.69. The van der Waals surface area contributed by atoms with Gasteiger partial charge in [-0.25, -0.2) is 18.1 Å². The normalized spacial score (nSPS) is 24.3. The van der Waals surface area contributed by atoms with Crippen molar-refractivity contribution in [2.24, 2.45) is 5.92 Å². The van der Waals surface area contributed by atoms with Gasteiger partial charge in [0.2, 0.25) is 11.8 Å². The molecule has 0 unspecified atom stereocenters. The second kappa shape index (κ2) is 15.7. The number of aromatic nitrogens is 1. The van der Waals surface area contributed by atoms with Crippen molar-refractivity contribution in [3.05, 3.63) is 78.9 Å². The number of amides is 3. The fourth-order valence-corrected chi connectivity index (χ4v) is 8.75. The van der Waals surface area contributed by atoms with Crippen LogP contribution >= 0.6 is 0 Å². The number of hydrogen-bond donors (Lipinski definition) is 2. The zero-order chi connectivity index (χ0) is 37.9. The van der Waals surface area contributed by atoms with E-state index in [1.165, 1.54) is 24.0 Å². The molecule has 1 saturated heterocycles. The first-order valence-corrected chi connectivity index (χ1v) is 20.1. The van der Waals surface area contributed by atoms with Crippen molar-refractivity contribution in [2.45, 2.75) is 87.3 Å². The van der Waals surface area contributed by atoms with Gasteiger partial charge in [-0.15, -0.1) is 0 Å². The molecule has 3 aliphatic rings. The van der Waals surface area contributed by atoms with Gasteiger partial charge in [0, 0.05) is 42.5 Å². The number of likely N-dealkylation sites (tertiary alicyclic amines) is 1. The number of carbonyl (C=O) groups excluding carboxylic acids is 3. The van der Waals surface area contributed by atoms with Crippen LogP contribution in [-0.2, 0) is 24.4 Å². The Morgan fingerprint density at radius 1 is 0.963 bits per heavy atom. The van der Waals surface area contributed by atoms with Crippen LogP contribution in [0.1, 0.15) is 64.7 Å². The average molecular weight is 755 g/mol. The van der Waals surface area contributed by atoms with Gasteiger partial charge >= 0.3 is 0 Å². The molecule has 3 amide bonds. The summed E-state index contributed by atoms with van der Waals surface area (Å²) < 4.78 is 47.1. The van der Waals surface area contributed by atoms with Crippen molar-refractivity contribution in [1.82, 2.24) is 19.9 Å². The van der Waals surface area contributed by atoms with Crippen molar-refractivity contribution in [1.29, 1.82) is 0 Å². The fraction of sp³-hybridized carbons (Fsp3) is 0.415. The Kier molecular flexibility index (Phi) is 10.8. The van der Waals surface area contributed by atoms with Gasteiger partial charge in [-0.3, -0.25) is 14.4 Å². The lowest BCUT2D eigenvalue weighted by molar-refractivity contribution is -0.138. The molecular weight excluding hydrogens is 709 g/mol. The van der Waals surface area contributed by atoms with Crippen LogP contribution in [-0.4, -0.2) is 74.0 Å². The highest BCUT2D eigenvalue weighted by atomic mass is 32.2. The van der Waals surface area contributed by atoms with Crippen molar-refractivity contribution < 1.29 is 37.0 Å². The van der Waals surface area contributed by atoms with Crippen LogP contribution in [0, 0.1) is 5.92 Å². The Hall–Kier alpha value is -5.17. The summed E-state index contributed by atoms with van der Waals surface area (Å²) in [6.45, 7) is 2.01. The number of benzene rings is 3. The topological polar surface area (TPSA) is 153 Å². The maximum absolute atomic E-state index is 14.2. The lowest BCUT2D eigenvalue weighted by atomic mass is 10.0. The number of fused-ring (bicyclic) bond motifs is 4. The molecule has 2 N–H and O–H groups in total. The van der Waals surface area contributed by atoms with Gasteiger partial charge in [0.25, 0.3) is 15.9 Å². The molecule has 0 radical (unpaired) electrons. The van der Waals surface area contributed by atoms with E-state index in [4.69, 9.17) is 19.2 Å². The van der Waals surface area contributed by atoms with Crippen molar-refractivity contribution in [3.63, 3.8) is 0 Å². The van der Waals surface area contributed by atoms with Gasteiger partial charge < -0.3 is 24.4 Å². The minimum absolute atomic E-state index is 0.104. The minimum atomic E-state index is -4.28. The van der Waals surface area contributed by atoms with Gasteiger partial charge in [0.1, 0.15) is 34.9 Å². The van der Waals surface area contributed by atoms with Crippen LogP contribution in [0.5, 0.6) is 17.2 Å². The number of pyridine rings is 1. The molecule has 4 aromatic rings. The maximum atomic E-state index is 14.2. The first-order chi connectivity index (χ1) is 26.1. The first kappa shape index (κ1) is 37.2. The molecule has 13 heteroatoms. The zero-order valence-corrected chi connectivity index (χ0v) is 31.4. The number of carbonyl (C=O) groups is 3. The predicted molar refractivity (Wildman–Crippen MR) is 203 cm³/mol. The van der Waals surface area contributed by atoms with Crippen molar-refractivity contribution >= 4 is 38.6 Å². The molecule has 3 aromatic carbocycles. The third kappa shape index (κ3) is 8.01. The number of methoxy groups -OCH3 is 1. The lowest BCUT2D eigenvalue weighted by Gasteiger charge is -2.26. The number of nitrogens with one attached hydrogen (secondary N) is 2. The number of ether oxygens (including phenoxy) is 3. The number of nitrogens with zero attached hydrogens (tertiary/aromatic N) is 2. The SMILES string of the molecule is COc1ccc2c(O[C@@H]3C[C@@H](C(=O)N[C@]45C[C@@H]4CCCCCCCCOc4cccc(c4)S(=O)(=O)NC5=O)N(C(C)=O)C3)cc(-c3ccccc3)nc2c1. The highest BCUT2D eigenvalue weighted by Crippen LogP contribution is 2.48. The Balaban J connectivity index is 1.13. The van der Waals surface area contributed by atoms with Crippen LogP contribution in [0.4, 0.5) is 0 Å². The Morgan fingerprint density at radius 2 is 1.74 bits per heavy atom. The van der Waals surface area contributed by atoms with E-state index in [-0.39, 0.29) is 29.7 Å². The minimum Gasteiger partial charge on any atom is -0.497 e. The molecule has 3 heterocycles. The van der Waals surface area contributed by atoms with Gasteiger partial charge in [0.15, 0.2) is 0 Å². The zero-order valence-electron chi connectivity index (χ0n) is 30.6. The van der Waals surface area contributed by atoms with E-state index in [1.54, 1.807) is 19.2 Å². The van der Waals surface area contributed by atoms with Gasteiger partial charge in [-0.05, 0) is 49.4 Å². The summed E-state index contributed by atoms with van der Waals surface area (Å²) in [6.07, 6.45) is 6.31. The van der Waals surface area contributed by atoms with E-state index < -0.39 is 39.5 Å². The maximum Gasteiger partial charge on any atom is 0.264 e. The molecule has 7 rings (SSSR count). The standard InChI is InChI=1S/C41H46N4O8S/c1-27(46)45-26-32(53-38-24-35(28-13-8-7-9-14-28)42-36-22-30(51-2)18-19-34(36)38)23-37(45)39(47)43-41-25-29(41)15-10-5-3-4-6-11-20-52-31-16-12-17-33(21-31)54(49,50)44-40(41)48/h7-9,12-14,16-19,21-22,24,29,32,37H,3-6,10-11,15,20,23,25-26H2,1-2H3,(H,43,47)(H,44,48)/t29-,32+,37-,41+/m0/s1. The van der Waals surface area contributed by atoms with Crippen molar-refractivity contribution in [2.75, 3.05) is 20.3 Å². The van der Waals surface area contributed by atoms with Crippen molar-refractivity contribution in [3.8, 4) is 28.5 Å². The summed E-state index contributed by atoms with van der Waals surface area (Å²) in [7, 11) is -2.69. The van der Waals surface area contributed by atoms with Crippen LogP contribution in [0.25, 0.3) is 22.2 Å². The van der Waals surface area contributed by atoms with Gasteiger partial charge in [0.05, 0.1) is 36.4 Å². The number of sulfonamides is 1. The summed E-state index contributed by atoms with van der Waals surface area (Å²) >= 11 is 0. The van der Waals surface area contributed by atoms with E-state index in [9.17, 15) is 22.8 Å². The molecule has 4 atom stereocenters. The second-order valence-electron chi connectivity index (χ2n) is 14.4. The van der Waals surface area contributed by atoms with E-state index in [0.29, 0.717) is 47.9 Å². The lowest BCUT2D eigenvalue weighted by Crippen LogP contribution is -2.56. The molecule has 284 valence electrons. The van der Waals surface area contributed by atoms with E-state index in [0.717, 1.165) is 49.5 Å². The highest BCUT2D eigenvalue weighted by molar-refractivity contribution is 7.90. The summed E-state index contributed by atoms with van der Waals surface area (Å²) in [6, 6.07) is 22.2. The Bertz CT molecular complexity index is 2150. The van der Waals surface area contributed by atoms with Crippen LogP contribution in [0.2, 0.25) is 0 Å². The predicted octanol–water partition coefficient (Wildman–Crippen LogP) is 5.78. The fourth-order valence-electron chi connectivity index (χ4n) is 7.68. The molecule has 54 heavy (non-hydrogen) atoms. The summed E-state index contributed by atoms with van der Waals surface area (Å²) in [5.41, 5.74) is 0.816. The largest absolute Gasteiger partial charge is 0.497 e. The van der Waals surface area contributed by atoms with Gasteiger partial charge in [-0.2, -0.15) is 0 Å². The molecular formula is C41H46N4O8S. The first-order valence-electron chi connectivity index (χ1n) is 18.7. The molecule has 2 fully saturated rings. The summed E-state index contributed by atoms with van der Waals surface area (Å²) in [4.78, 5) is 47.4. The third-order valence-electron chi connectivity index (χ3n) is 10.7. The monoisotopic (exact) mass is 754 g/mol. The summed E-state index contributed by atoms with van der Waals surface area (Å²) in [5.74, 6) is -0.293. The van der Waals surface area contributed by atoms with E-state index in [1.807, 2.05) is 54.6 Å². The van der Waals surface area contributed by atoms with Crippen LogP contribution in [0.3, 0.4) is 0 Å². The molecule has 1 saturated carbocycles. The molecule has 2 bridgehead atoms. The van der Waals surface area contributed by atoms with E-state index in [2.05, 4.69) is 10.0 Å². The van der Waals surface area contributed by atoms with E-state index >= 15 is 0 Å². The smallest absolute Gasteiger partial charge is 0.264 e. The molecule has 12 nitrogen and oxygen atoms in total. The van der Waals surface area contributed by atoms with Crippen LogP contribution < -0.4 is 24.2 Å². The Labute approximate surface area is 315 Å². The quantitative estimate of drug-likeness (QED) is 0.250. The molecule has 1 aromatic heterocycles.